The van der Waals surface area contributed by atoms with Crippen molar-refractivity contribution in [3.8, 4) is 16.9 Å². The Hall–Kier alpha value is -2.56. The van der Waals surface area contributed by atoms with Crippen molar-refractivity contribution in [2.75, 3.05) is 6.61 Å². The van der Waals surface area contributed by atoms with Crippen molar-refractivity contribution in [3.63, 3.8) is 0 Å². The fourth-order valence-corrected chi connectivity index (χ4v) is 3.46. The van der Waals surface area contributed by atoms with Gasteiger partial charge in [-0.25, -0.2) is 9.18 Å². The van der Waals surface area contributed by atoms with Gasteiger partial charge in [-0.05, 0) is 28.7 Å². The topological polar surface area (TPSA) is 58.6 Å². The third-order valence-corrected chi connectivity index (χ3v) is 5.12. The molecule has 0 aromatic heterocycles. The van der Waals surface area contributed by atoms with E-state index >= 15 is 0 Å². The van der Waals surface area contributed by atoms with E-state index in [1.54, 1.807) is 6.07 Å². The van der Waals surface area contributed by atoms with Crippen LogP contribution >= 0.6 is 0 Å². The summed E-state index contributed by atoms with van der Waals surface area (Å²) in [5, 5.41) is 11.7. The molecule has 2 N–H and O–H groups in total. The molecule has 0 radical (unpaired) electrons. The molecular formula is C22H26FNO3. The first-order chi connectivity index (χ1) is 12.5. The third kappa shape index (κ3) is 3.77. The molecule has 2 aromatic carbocycles. The lowest BCUT2D eigenvalue weighted by Crippen LogP contribution is -2.43. The Morgan fingerprint density at radius 1 is 1.22 bits per heavy atom. The Labute approximate surface area is 159 Å². The number of hydrogen-bond acceptors (Lipinski definition) is 2. The largest absolute Gasteiger partial charge is 0.493 e. The van der Waals surface area contributed by atoms with Crippen LogP contribution in [-0.4, -0.2) is 17.8 Å². The van der Waals surface area contributed by atoms with Crippen LogP contribution in [0.25, 0.3) is 11.1 Å². The van der Waals surface area contributed by atoms with Gasteiger partial charge in [0.05, 0.1) is 12.6 Å². The normalized spacial score (nSPS) is 18.4. The molecule has 1 aliphatic heterocycles. The van der Waals surface area contributed by atoms with E-state index in [0.717, 1.165) is 5.56 Å². The predicted octanol–water partition coefficient (Wildman–Crippen LogP) is 5.52. The van der Waals surface area contributed by atoms with Crippen LogP contribution in [0.3, 0.4) is 0 Å². The molecule has 144 valence electrons. The highest BCUT2D eigenvalue weighted by Gasteiger charge is 2.39. The van der Waals surface area contributed by atoms with Crippen molar-refractivity contribution < 1.29 is 19.0 Å². The van der Waals surface area contributed by atoms with Gasteiger partial charge < -0.3 is 15.2 Å². The number of amides is 1. The molecule has 0 saturated heterocycles. The van der Waals surface area contributed by atoms with Gasteiger partial charge in [-0.3, -0.25) is 0 Å². The molecule has 27 heavy (non-hydrogen) atoms. The Balaban J connectivity index is 2.03. The predicted molar refractivity (Wildman–Crippen MR) is 104 cm³/mol. The Bertz CT molecular complexity index is 866. The van der Waals surface area contributed by atoms with Gasteiger partial charge in [0.25, 0.3) is 0 Å². The molecule has 0 fully saturated rings. The van der Waals surface area contributed by atoms with Crippen LogP contribution in [-0.2, 0) is 5.41 Å². The lowest BCUT2D eigenvalue weighted by molar-refractivity contribution is 0.0992. The first-order valence-corrected chi connectivity index (χ1v) is 9.06. The van der Waals surface area contributed by atoms with Gasteiger partial charge in [0.2, 0.25) is 0 Å². The van der Waals surface area contributed by atoms with E-state index in [0.29, 0.717) is 23.5 Å². The number of hydrogen-bond donors (Lipinski definition) is 2. The van der Waals surface area contributed by atoms with Crippen LogP contribution in [0.4, 0.5) is 9.18 Å². The van der Waals surface area contributed by atoms with Gasteiger partial charge in [0.1, 0.15) is 11.6 Å². The van der Waals surface area contributed by atoms with Crippen LogP contribution in [0.1, 0.15) is 51.8 Å². The Morgan fingerprint density at radius 2 is 1.85 bits per heavy atom. The van der Waals surface area contributed by atoms with Crippen LogP contribution in [0.15, 0.2) is 36.4 Å². The summed E-state index contributed by atoms with van der Waals surface area (Å²) in [4.78, 5) is 11.2. The highest BCUT2D eigenvalue weighted by Crippen LogP contribution is 2.45. The van der Waals surface area contributed by atoms with Crippen molar-refractivity contribution >= 4 is 6.09 Å². The van der Waals surface area contributed by atoms with Gasteiger partial charge in [-0.15, -0.1) is 0 Å². The van der Waals surface area contributed by atoms with Crippen molar-refractivity contribution in [1.82, 2.24) is 5.32 Å². The molecule has 1 heterocycles. The zero-order chi connectivity index (χ0) is 20.0. The summed E-state index contributed by atoms with van der Waals surface area (Å²) >= 11 is 0. The number of ether oxygens (including phenoxy) is 1. The molecule has 1 atom stereocenters. The van der Waals surface area contributed by atoms with E-state index in [2.05, 4.69) is 26.1 Å². The molecule has 4 nitrogen and oxygen atoms in total. The van der Waals surface area contributed by atoms with Crippen molar-refractivity contribution in [1.29, 1.82) is 0 Å². The molecule has 1 unspecified atom stereocenters. The number of halogens is 1. The maximum absolute atomic E-state index is 14.9. The van der Waals surface area contributed by atoms with Gasteiger partial charge in [0.15, 0.2) is 0 Å². The van der Waals surface area contributed by atoms with Crippen LogP contribution in [0, 0.1) is 11.2 Å². The number of nitrogens with one attached hydrogen (secondary N) is 1. The summed E-state index contributed by atoms with van der Waals surface area (Å²) in [5.74, 6) is 0.125. The summed E-state index contributed by atoms with van der Waals surface area (Å²) < 4.78 is 20.8. The SMILES string of the molecule is CC(C)(C)c1ccc(-c2cc3c(cc2F)C(NC(=O)O)C(C)(C)CO3)cc1. The molecule has 0 saturated carbocycles. The minimum Gasteiger partial charge on any atom is -0.493 e. The second-order valence-electron chi connectivity index (χ2n) is 8.86. The first-order valence-electron chi connectivity index (χ1n) is 9.06. The number of fused-ring (bicyclic) bond motifs is 1. The van der Waals surface area contributed by atoms with Crippen molar-refractivity contribution in [2.45, 2.75) is 46.1 Å². The second-order valence-corrected chi connectivity index (χ2v) is 8.86. The standard InChI is InChI=1S/C22H26FNO3/c1-21(2,3)14-8-6-13(7-9-14)15-11-18-16(10-17(15)23)19(24-20(25)26)22(4,5)12-27-18/h6-11,19,24H,12H2,1-5H3,(H,25,26). The van der Waals surface area contributed by atoms with E-state index in [4.69, 9.17) is 4.74 Å². The van der Waals surface area contributed by atoms with E-state index in [9.17, 15) is 14.3 Å². The van der Waals surface area contributed by atoms with Crippen LogP contribution in [0.2, 0.25) is 0 Å². The monoisotopic (exact) mass is 371 g/mol. The third-order valence-electron chi connectivity index (χ3n) is 5.12. The van der Waals surface area contributed by atoms with Crippen LogP contribution < -0.4 is 10.1 Å². The van der Waals surface area contributed by atoms with E-state index < -0.39 is 23.4 Å². The van der Waals surface area contributed by atoms with Gasteiger partial charge >= 0.3 is 6.09 Å². The van der Waals surface area contributed by atoms with Crippen LogP contribution in [0.5, 0.6) is 5.75 Å². The second kappa shape index (κ2) is 6.55. The number of carboxylic acid groups (broad SMARTS) is 1. The lowest BCUT2D eigenvalue weighted by Gasteiger charge is -2.39. The zero-order valence-corrected chi connectivity index (χ0v) is 16.4. The highest BCUT2D eigenvalue weighted by atomic mass is 19.1. The zero-order valence-electron chi connectivity index (χ0n) is 16.4. The van der Waals surface area contributed by atoms with Gasteiger partial charge in [0, 0.05) is 16.5 Å². The summed E-state index contributed by atoms with van der Waals surface area (Å²) in [6.07, 6.45) is -1.14. The highest BCUT2D eigenvalue weighted by molar-refractivity contribution is 5.69. The molecule has 5 heteroatoms. The molecule has 0 spiro atoms. The first kappa shape index (κ1) is 19.2. The summed E-state index contributed by atoms with van der Waals surface area (Å²) in [7, 11) is 0. The fraction of sp³-hybridized carbons (Fsp3) is 0.409. The maximum Gasteiger partial charge on any atom is 0.405 e. The molecule has 2 aromatic rings. The molecule has 1 aliphatic rings. The summed E-state index contributed by atoms with van der Waals surface area (Å²) in [5.41, 5.74) is 2.46. The Kier molecular flexibility index (Phi) is 4.66. The quantitative estimate of drug-likeness (QED) is 0.731. The molecule has 1 amide bonds. The molecule has 0 bridgehead atoms. The summed E-state index contributed by atoms with van der Waals surface area (Å²) in [6.45, 7) is 10.5. The average Bonchev–Trinajstić information content (AvgIpc) is 2.56. The fourth-order valence-electron chi connectivity index (χ4n) is 3.46. The molecular weight excluding hydrogens is 345 g/mol. The number of benzene rings is 2. The smallest absolute Gasteiger partial charge is 0.405 e. The maximum atomic E-state index is 14.9. The lowest BCUT2D eigenvalue weighted by atomic mass is 9.78. The minimum atomic E-state index is -1.14. The van der Waals surface area contributed by atoms with Crippen molar-refractivity contribution in [2.24, 2.45) is 5.41 Å². The van der Waals surface area contributed by atoms with E-state index in [-0.39, 0.29) is 5.41 Å². The number of carbonyl (C=O) groups is 1. The minimum absolute atomic E-state index is 0.0251. The average molecular weight is 371 g/mol. The molecule has 0 aliphatic carbocycles. The molecule has 3 rings (SSSR count). The van der Waals surface area contributed by atoms with E-state index in [1.165, 1.54) is 11.6 Å². The Morgan fingerprint density at radius 3 is 2.41 bits per heavy atom. The van der Waals surface area contributed by atoms with Crippen molar-refractivity contribution in [3.05, 3.63) is 53.3 Å². The van der Waals surface area contributed by atoms with Gasteiger partial charge in [-0.1, -0.05) is 58.9 Å². The number of rotatable bonds is 2. The van der Waals surface area contributed by atoms with Gasteiger partial charge in [-0.2, -0.15) is 0 Å². The summed E-state index contributed by atoms with van der Waals surface area (Å²) in [6, 6.07) is 10.4. The van der Waals surface area contributed by atoms with E-state index in [1.807, 2.05) is 38.1 Å².